The minimum atomic E-state index is -0.456. The number of rotatable bonds is 6. The minimum absolute atomic E-state index is 0.00318. The molecule has 2 fully saturated rings. The summed E-state index contributed by atoms with van der Waals surface area (Å²) in [6.45, 7) is 6.62. The summed E-state index contributed by atoms with van der Waals surface area (Å²) in [6, 6.07) is 17.7. The first-order valence-corrected chi connectivity index (χ1v) is 10.3. The van der Waals surface area contributed by atoms with Crippen LogP contribution in [0, 0.1) is 11.3 Å². The number of cyclic esters (lactones) is 1. The van der Waals surface area contributed by atoms with Crippen LogP contribution in [0.2, 0.25) is 0 Å². The van der Waals surface area contributed by atoms with Crippen molar-refractivity contribution in [1.29, 1.82) is 0 Å². The first kappa shape index (κ1) is 19.4. The van der Waals surface area contributed by atoms with Gasteiger partial charge < -0.3 is 10.1 Å². The molecular weight excluding hydrogens is 362 g/mol. The topological polar surface area (TPSA) is 55.4 Å². The Kier molecular flexibility index (Phi) is 5.27. The van der Waals surface area contributed by atoms with Gasteiger partial charge in [0.05, 0.1) is 17.9 Å². The summed E-state index contributed by atoms with van der Waals surface area (Å²) in [7, 11) is 0. The van der Waals surface area contributed by atoms with Crippen LogP contribution in [0.25, 0.3) is 0 Å². The number of carbonyl (C=O) groups is 2. The van der Waals surface area contributed by atoms with Gasteiger partial charge in [-0.05, 0) is 48.9 Å². The van der Waals surface area contributed by atoms with Crippen molar-refractivity contribution in [3.8, 4) is 0 Å². The van der Waals surface area contributed by atoms with Crippen molar-refractivity contribution >= 4 is 17.6 Å². The third-order valence-electron chi connectivity index (χ3n) is 6.37. The Balaban J connectivity index is 1.45. The van der Waals surface area contributed by atoms with Gasteiger partial charge in [-0.3, -0.25) is 9.59 Å². The van der Waals surface area contributed by atoms with Gasteiger partial charge in [0.2, 0.25) is 5.91 Å². The van der Waals surface area contributed by atoms with E-state index in [4.69, 9.17) is 4.74 Å². The number of hydrogen-bond acceptors (Lipinski definition) is 3. The first-order chi connectivity index (χ1) is 14.0. The van der Waals surface area contributed by atoms with Gasteiger partial charge in [-0.15, -0.1) is 0 Å². The molecule has 2 aliphatic rings. The van der Waals surface area contributed by atoms with Crippen LogP contribution in [-0.2, 0) is 20.7 Å². The molecule has 150 valence electrons. The van der Waals surface area contributed by atoms with E-state index in [0.717, 1.165) is 35.2 Å². The Labute approximate surface area is 172 Å². The highest BCUT2D eigenvalue weighted by Gasteiger charge is 2.55. The van der Waals surface area contributed by atoms with Crippen LogP contribution in [-0.4, -0.2) is 18.5 Å². The summed E-state index contributed by atoms with van der Waals surface area (Å²) in [5.74, 6) is -0.0323. The van der Waals surface area contributed by atoms with Crippen LogP contribution in [0.4, 0.5) is 5.69 Å². The monoisotopic (exact) mass is 389 g/mol. The van der Waals surface area contributed by atoms with Crippen molar-refractivity contribution in [1.82, 2.24) is 0 Å². The number of esters is 1. The van der Waals surface area contributed by atoms with Crippen molar-refractivity contribution in [2.75, 3.05) is 11.9 Å². The Morgan fingerprint density at radius 3 is 2.62 bits per heavy atom. The van der Waals surface area contributed by atoms with Crippen LogP contribution in [0.15, 0.2) is 66.7 Å². The molecule has 2 aromatic rings. The third kappa shape index (κ3) is 3.71. The molecule has 2 aromatic carbocycles. The third-order valence-corrected chi connectivity index (χ3v) is 6.37. The van der Waals surface area contributed by atoms with Gasteiger partial charge in [0.1, 0.15) is 0 Å². The van der Waals surface area contributed by atoms with Crippen LogP contribution in [0.3, 0.4) is 0 Å². The number of allylic oxidation sites excluding steroid dienone is 1. The zero-order valence-electron chi connectivity index (χ0n) is 16.8. The molecule has 3 unspecified atom stereocenters. The Morgan fingerprint density at radius 2 is 1.93 bits per heavy atom. The zero-order chi connectivity index (χ0) is 20.4. The van der Waals surface area contributed by atoms with Crippen molar-refractivity contribution in [2.24, 2.45) is 11.3 Å². The second-order valence-electron chi connectivity index (χ2n) is 8.32. The van der Waals surface area contributed by atoms with E-state index in [9.17, 15) is 9.59 Å². The number of fused-ring (bicyclic) bond motifs is 1. The highest BCUT2D eigenvalue weighted by molar-refractivity contribution is 5.95. The van der Waals surface area contributed by atoms with E-state index < -0.39 is 5.41 Å². The van der Waals surface area contributed by atoms with Gasteiger partial charge in [-0.1, -0.05) is 61.5 Å². The van der Waals surface area contributed by atoms with Crippen LogP contribution in [0.5, 0.6) is 0 Å². The lowest BCUT2D eigenvalue weighted by atomic mass is 9.75. The fourth-order valence-corrected chi connectivity index (χ4v) is 4.82. The lowest BCUT2D eigenvalue weighted by molar-refractivity contribution is -0.146. The maximum absolute atomic E-state index is 12.8. The molecule has 4 nitrogen and oxygen atoms in total. The standard InChI is InChI=1S/C25H27NO3/c1-3-22(19-7-5-4-6-8-19)23(27)26-21-11-9-18(10-12-21)15-25-14-17(2)13-20(25)16-29-24(25)28/h4-12,20,22H,2-3,13-16H2,1H3,(H,26,27). The molecule has 29 heavy (non-hydrogen) atoms. The predicted molar refractivity (Wildman–Crippen MR) is 114 cm³/mol. The van der Waals surface area contributed by atoms with E-state index in [1.807, 2.05) is 61.5 Å². The quantitative estimate of drug-likeness (QED) is 0.566. The molecule has 0 bridgehead atoms. The SMILES string of the molecule is C=C1CC2COC(=O)C2(Cc2ccc(NC(=O)C(CC)c3ccccc3)cc2)C1. The van der Waals surface area contributed by atoms with Gasteiger partial charge in [0.25, 0.3) is 0 Å². The highest BCUT2D eigenvalue weighted by atomic mass is 16.5. The van der Waals surface area contributed by atoms with Gasteiger partial charge in [-0.25, -0.2) is 0 Å². The number of nitrogens with one attached hydrogen (secondary N) is 1. The van der Waals surface area contributed by atoms with Crippen molar-refractivity contribution in [2.45, 2.75) is 38.5 Å². The van der Waals surface area contributed by atoms with Gasteiger partial charge in [0, 0.05) is 11.6 Å². The summed E-state index contributed by atoms with van der Waals surface area (Å²) in [6.07, 6.45) is 2.98. The molecule has 1 heterocycles. The van der Waals surface area contributed by atoms with E-state index in [1.165, 1.54) is 0 Å². The number of hydrogen-bond donors (Lipinski definition) is 1. The van der Waals surface area contributed by atoms with E-state index in [0.29, 0.717) is 19.4 Å². The molecule has 1 saturated heterocycles. The van der Waals surface area contributed by atoms with Crippen LogP contribution >= 0.6 is 0 Å². The Morgan fingerprint density at radius 1 is 1.21 bits per heavy atom. The minimum Gasteiger partial charge on any atom is -0.465 e. The number of benzene rings is 2. The summed E-state index contributed by atoms with van der Waals surface area (Å²) in [4.78, 5) is 25.2. The largest absolute Gasteiger partial charge is 0.465 e. The summed E-state index contributed by atoms with van der Waals surface area (Å²) in [5, 5.41) is 3.03. The second-order valence-corrected chi connectivity index (χ2v) is 8.32. The van der Waals surface area contributed by atoms with Gasteiger partial charge in [0.15, 0.2) is 0 Å². The van der Waals surface area contributed by atoms with Gasteiger partial charge in [-0.2, -0.15) is 0 Å². The molecule has 1 N–H and O–H groups in total. The summed E-state index contributed by atoms with van der Waals surface area (Å²) < 4.78 is 5.36. The number of amides is 1. The Bertz CT molecular complexity index is 919. The molecule has 0 radical (unpaired) electrons. The second kappa shape index (κ2) is 7.86. The maximum Gasteiger partial charge on any atom is 0.313 e. The summed E-state index contributed by atoms with van der Waals surface area (Å²) in [5.41, 5.74) is 3.56. The van der Waals surface area contributed by atoms with E-state index >= 15 is 0 Å². The highest BCUT2D eigenvalue weighted by Crippen LogP contribution is 2.52. The van der Waals surface area contributed by atoms with E-state index in [-0.39, 0.29) is 23.7 Å². The van der Waals surface area contributed by atoms with Crippen LogP contribution < -0.4 is 5.32 Å². The summed E-state index contributed by atoms with van der Waals surface area (Å²) >= 11 is 0. The normalized spacial score (nSPS) is 24.1. The molecule has 1 aliphatic carbocycles. The number of carbonyl (C=O) groups excluding carboxylic acids is 2. The smallest absolute Gasteiger partial charge is 0.313 e. The van der Waals surface area contributed by atoms with Crippen LogP contribution in [0.1, 0.15) is 43.2 Å². The van der Waals surface area contributed by atoms with Crippen molar-refractivity contribution < 1.29 is 14.3 Å². The molecule has 1 aliphatic heterocycles. The lowest BCUT2D eigenvalue weighted by Crippen LogP contribution is -2.31. The average Bonchev–Trinajstić information content (AvgIpc) is 3.19. The number of ether oxygens (including phenoxy) is 1. The van der Waals surface area contributed by atoms with Crippen molar-refractivity contribution in [3.63, 3.8) is 0 Å². The molecule has 4 heteroatoms. The molecular formula is C25H27NO3. The fourth-order valence-electron chi connectivity index (χ4n) is 4.82. The van der Waals surface area contributed by atoms with E-state index in [1.54, 1.807) is 0 Å². The van der Waals surface area contributed by atoms with Gasteiger partial charge >= 0.3 is 5.97 Å². The maximum atomic E-state index is 12.8. The molecule has 0 aromatic heterocycles. The number of anilines is 1. The van der Waals surface area contributed by atoms with E-state index in [2.05, 4.69) is 11.9 Å². The van der Waals surface area contributed by atoms with Crippen molar-refractivity contribution in [3.05, 3.63) is 77.9 Å². The average molecular weight is 389 g/mol. The fraction of sp³-hybridized carbons (Fsp3) is 0.360. The first-order valence-electron chi connectivity index (χ1n) is 10.3. The predicted octanol–water partition coefficient (Wildman–Crippen LogP) is 4.87. The molecule has 4 rings (SSSR count). The lowest BCUT2D eigenvalue weighted by Gasteiger charge is -2.24. The molecule has 0 spiro atoms. The zero-order valence-corrected chi connectivity index (χ0v) is 16.8. The Hall–Kier alpha value is -2.88. The molecule has 1 amide bonds. The molecule has 1 saturated carbocycles. The molecule has 3 atom stereocenters.